The molecule has 0 radical (unpaired) electrons. The van der Waals surface area contributed by atoms with Crippen LogP contribution in [0.25, 0.3) is 0 Å². The first-order valence-corrected chi connectivity index (χ1v) is 11.5. The van der Waals surface area contributed by atoms with E-state index in [9.17, 15) is 4.79 Å². The van der Waals surface area contributed by atoms with Crippen molar-refractivity contribution in [1.82, 2.24) is 19.8 Å². The topological polar surface area (TPSA) is 95.0 Å². The number of aliphatic imine (C=N–C) groups is 1. The number of piperazine rings is 1. The van der Waals surface area contributed by atoms with Gasteiger partial charge in [0.2, 0.25) is 17.0 Å². The zero-order valence-corrected chi connectivity index (χ0v) is 20.8. The third-order valence-corrected chi connectivity index (χ3v) is 5.39. The molecule has 0 atom stereocenters. The fourth-order valence-electron chi connectivity index (χ4n) is 3.34. The van der Waals surface area contributed by atoms with Crippen molar-refractivity contribution >= 4 is 52.6 Å². The number of aryl methyl sites for hydroxylation is 3. The van der Waals surface area contributed by atoms with Crippen LogP contribution in [0.1, 0.15) is 23.9 Å². The molecule has 0 aliphatic carbocycles. The average molecular weight is 490 g/mol. The Morgan fingerprint density at radius 2 is 1.73 bits per heavy atom. The molecule has 2 aromatic rings. The van der Waals surface area contributed by atoms with Gasteiger partial charge in [-0.05, 0) is 63.7 Å². The number of nitrogens with one attached hydrogen (secondary N) is 2. The minimum absolute atomic E-state index is 0.237. The lowest BCUT2D eigenvalue weighted by atomic mass is 10.2. The smallest absolute Gasteiger partial charge is 0.409 e. The van der Waals surface area contributed by atoms with E-state index in [0.717, 1.165) is 17.0 Å². The number of thiocarbonyl (C=S) groups is 1. The molecule has 33 heavy (non-hydrogen) atoms. The molecule has 2 N–H and O–H groups in total. The first kappa shape index (κ1) is 24.7. The van der Waals surface area contributed by atoms with Crippen LogP contribution in [-0.4, -0.2) is 69.7 Å². The van der Waals surface area contributed by atoms with Crippen LogP contribution in [0.2, 0.25) is 5.02 Å². The van der Waals surface area contributed by atoms with E-state index >= 15 is 0 Å². The largest absolute Gasteiger partial charge is 0.450 e. The summed E-state index contributed by atoms with van der Waals surface area (Å²) in [5.41, 5.74) is 3.39. The van der Waals surface area contributed by atoms with Gasteiger partial charge in [-0.3, -0.25) is 5.32 Å². The van der Waals surface area contributed by atoms with Gasteiger partial charge in [-0.25, -0.2) is 14.8 Å². The third-order valence-electron chi connectivity index (χ3n) is 4.88. The molecule has 2 heterocycles. The molecule has 9 nitrogen and oxygen atoms in total. The molecule has 11 heteroatoms. The van der Waals surface area contributed by atoms with E-state index < -0.39 is 0 Å². The highest BCUT2D eigenvalue weighted by atomic mass is 35.5. The van der Waals surface area contributed by atoms with Gasteiger partial charge in [-0.15, -0.1) is 0 Å². The van der Waals surface area contributed by atoms with Crippen LogP contribution in [-0.2, 0) is 4.74 Å². The second-order valence-corrected chi connectivity index (χ2v) is 8.42. The summed E-state index contributed by atoms with van der Waals surface area (Å²) in [6, 6.07) is 7.55. The number of anilines is 2. The van der Waals surface area contributed by atoms with Crippen molar-refractivity contribution in [3.8, 4) is 0 Å². The van der Waals surface area contributed by atoms with E-state index in [4.69, 9.17) is 28.6 Å². The molecule has 3 rings (SSSR count). The van der Waals surface area contributed by atoms with Crippen LogP contribution in [0.5, 0.6) is 0 Å². The Morgan fingerprint density at radius 3 is 2.33 bits per heavy atom. The Morgan fingerprint density at radius 1 is 1.09 bits per heavy atom. The van der Waals surface area contributed by atoms with Crippen LogP contribution in [0.4, 0.5) is 16.4 Å². The summed E-state index contributed by atoms with van der Waals surface area (Å²) in [7, 11) is 0. The summed E-state index contributed by atoms with van der Waals surface area (Å²) < 4.78 is 5.11. The number of aromatic nitrogens is 2. The molecule has 0 unspecified atom stereocenters. The minimum Gasteiger partial charge on any atom is -0.450 e. The zero-order valence-electron chi connectivity index (χ0n) is 19.2. The van der Waals surface area contributed by atoms with Crippen molar-refractivity contribution in [2.75, 3.05) is 43.4 Å². The van der Waals surface area contributed by atoms with E-state index in [1.165, 1.54) is 0 Å². The van der Waals surface area contributed by atoms with Gasteiger partial charge in [0.15, 0.2) is 0 Å². The lowest BCUT2D eigenvalue weighted by molar-refractivity contribution is 0.0920. The number of halogens is 1. The Labute approximate surface area is 204 Å². The van der Waals surface area contributed by atoms with E-state index in [-0.39, 0.29) is 11.2 Å². The molecule has 1 aliphatic heterocycles. The van der Waals surface area contributed by atoms with Crippen molar-refractivity contribution in [1.29, 1.82) is 0 Å². The number of rotatable bonds is 3. The first-order valence-electron chi connectivity index (χ1n) is 10.7. The molecule has 0 spiro atoms. The lowest BCUT2D eigenvalue weighted by Gasteiger charge is -2.35. The normalized spacial score (nSPS) is 14.2. The molecular weight excluding hydrogens is 462 g/mol. The SMILES string of the molecule is CCOC(=O)N1CCN(/C(=N\C(=S)Nc2ccc(C)cc2Cl)Nc2nc(C)cc(C)n2)CC1. The molecule has 1 amide bonds. The number of carbonyl (C=O) groups excluding carboxylic acids is 1. The number of amides is 1. The zero-order chi connectivity index (χ0) is 24.0. The number of nitrogens with zero attached hydrogens (tertiary/aromatic N) is 5. The Hall–Kier alpha value is -2.98. The van der Waals surface area contributed by atoms with Crippen molar-refractivity contribution in [2.45, 2.75) is 27.7 Å². The number of hydrogen-bond donors (Lipinski definition) is 2. The molecule has 0 saturated carbocycles. The summed E-state index contributed by atoms with van der Waals surface area (Å²) in [6.07, 6.45) is -0.313. The predicted molar refractivity (Wildman–Crippen MR) is 135 cm³/mol. The second-order valence-electron chi connectivity index (χ2n) is 7.62. The van der Waals surface area contributed by atoms with Crippen LogP contribution < -0.4 is 10.6 Å². The number of benzene rings is 1. The van der Waals surface area contributed by atoms with Crippen molar-refractivity contribution in [3.63, 3.8) is 0 Å². The summed E-state index contributed by atoms with van der Waals surface area (Å²) >= 11 is 11.8. The molecule has 1 aromatic carbocycles. The standard InChI is InChI=1S/C22H28ClN7O2S/c1-5-32-22(31)30-10-8-29(9-11-30)20(27-19-24-15(3)13-16(4)25-19)28-21(33)26-18-7-6-14(2)12-17(18)23/h6-7,12-13H,5,8-11H2,1-4H3,(H2,24,25,26,27,28,33). The van der Waals surface area contributed by atoms with Crippen LogP contribution >= 0.6 is 23.8 Å². The molecule has 1 aliphatic rings. The van der Waals surface area contributed by atoms with Crippen LogP contribution in [0, 0.1) is 20.8 Å². The van der Waals surface area contributed by atoms with Crippen molar-refractivity contribution < 1.29 is 9.53 Å². The maximum atomic E-state index is 12.1. The Balaban J connectivity index is 1.80. The summed E-state index contributed by atoms with van der Waals surface area (Å²) in [4.78, 5) is 29.2. The van der Waals surface area contributed by atoms with Gasteiger partial charge in [0.05, 0.1) is 17.3 Å². The molecule has 176 valence electrons. The van der Waals surface area contributed by atoms with E-state index in [2.05, 4.69) is 25.6 Å². The number of guanidine groups is 1. The van der Waals surface area contributed by atoms with Gasteiger partial charge < -0.3 is 19.9 Å². The quantitative estimate of drug-likeness (QED) is 0.379. The maximum absolute atomic E-state index is 12.1. The fourth-order valence-corrected chi connectivity index (χ4v) is 3.81. The molecule has 1 aromatic heterocycles. The van der Waals surface area contributed by atoms with Crippen molar-refractivity contribution in [2.24, 2.45) is 4.99 Å². The summed E-state index contributed by atoms with van der Waals surface area (Å²) in [6.45, 7) is 10.00. The average Bonchev–Trinajstić information content (AvgIpc) is 2.75. The van der Waals surface area contributed by atoms with Crippen molar-refractivity contribution in [3.05, 3.63) is 46.2 Å². The molecular formula is C22H28ClN7O2S. The first-order chi connectivity index (χ1) is 15.7. The van der Waals surface area contributed by atoms with E-state index in [0.29, 0.717) is 55.4 Å². The Bertz CT molecular complexity index is 1030. The molecule has 1 saturated heterocycles. The second kappa shape index (κ2) is 11.2. The number of carbonyl (C=O) groups is 1. The minimum atomic E-state index is -0.313. The van der Waals surface area contributed by atoms with Crippen LogP contribution in [0.15, 0.2) is 29.3 Å². The summed E-state index contributed by atoms with van der Waals surface area (Å²) in [5.74, 6) is 0.916. The van der Waals surface area contributed by atoms with Gasteiger partial charge >= 0.3 is 6.09 Å². The van der Waals surface area contributed by atoms with Crippen LogP contribution in [0.3, 0.4) is 0 Å². The highest BCUT2D eigenvalue weighted by Gasteiger charge is 2.25. The number of ether oxygens (including phenoxy) is 1. The van der Waals surface area contributed by atoms with Gasteiger partial charge in [0.25, 0.3) is 0 Å². The third kappa shape index (κ3) is 7.00. The highest BCUT2D eigenvalue weighted by Crippen LogP contribution is 2.23. The number of hydrogen-bond acceptors (Lipinski definition) is 5. The monoisotopic (exact) mass is 489 g/mol. The highest BCUT2D eigenvalue weighted by molar-refractivity contribution is 7.80. The Kier molecular flexibility index (Phi) is 8.40. The van der Waals surface area contributed by atoms with Gasteiger partial charge in [-0.1, -0.05) is 17.7 Å². The van der Waals surface area contributed by atoms with E-state index in [1.54, 1.807) is 11.8 Å². The van der Waals surface area contributed by atoms with Gasteiger partial charge in [-0.2, -0.15) is 4.99 Å². The molecule has 1 fully saturated rings. The summed E-state index contributed by atoms with van der Waals surface area (Å²) in [5, 5.41) is 7.07. The molecule has 0 bridgehead atoms. The predicted octanol–water partition coefficient (Wildman–Crippen LogP) is 3.99. The maximum Gasteiger partial charge on any atom is 0.409 e. The van der Waals surface area contributed by atoms with Gasteiger partial charge in [0.1, 0.15) is 0 Å². The van der Waals surface area contributed by atoms with E-state index in [1.807, 2.05) is 49.9 Å². The van der Waals surface area contributed by atoms with Gasteiger partial charge in [0, 0.05) is 37.6 Å². The lowest BCUT2D eigenvalue weighted by Crippen LogP contribution is -2.52. The fraction of sp³-hybridized carbons (Fsp3) is 0.409.